The highest BCUT2D eigenvalue weighted by Gasteiger charge is 2.33. The van der Waals surface area contributed by atoms with Gasteiger partial charge in [-0.1, -0.05) is 48.9 Å². The molecular formula is C28H34N2O3. The van der Waals surface area contributed by atoms with E-state index in [1.54, 1.807) is 4.90 Å². The number of benzene rings is 2. The molecule has 33 heavy (non-hydrogen) atoms. The van der Waals surface area contributed by atoms with Crippen molar-refractivity contribution in [2.75, 3.05) is 13.1 Å². The van der Waals surface area contributed by atoms with E-state index in [-0.39, 0.29) is 5.91 Å². The number of likely N-dealkylation sites (tertiary alicyclic amines) is 1. The normalized spacial score (nSPS) is 19.0. The monoisotopic (exact) mass is 446 g/mol. The van der Waals surface area contributed by atoms with Gasteiger partial charge in [0.05, 0.1) is 6.04 Å². The van der Waals surface area contributed by atoms with E-state index in [1.807, 2.05) is 12.1 Å². The zero-order valence-corrected chi connectivity index (χ0v) is 19.3. The molecule has 0 bridgehead atoms. The summed E-state index contributed by atoms with van der Waals surface area (Å²) in [4.78, 5) is 39.4. The third kappa shape index (κ3) is 5.41. The Kier molecular flexibility index (Phi) is 8.05. The van der Waals surface area contributed by atoms with E-state index in [9.17, 15) is 14.4 Å². The van der Waals surface area contributed by atoms with Gasteiger partial charge in [-0.15, -0.1) is 0 Å². The third-order valence-corrected chi connectivity index (χ3v) is 7.17. The molecule has 5 heteroatoms. The molecule has 2 unspecified atom stereocenters. The van der Waals surface area contributed by atoms with E-state index >= 15 is 0 Å². The second kappa shape index (κ2) is 11.4. The van der Waals surface area contributed by atoms with Crippen LogP contribution in [0.25, 0.3) is 0 Å². The fraction of sp³-hybridized carbons (Fsp3) is 0.464. The first-order valence-corrected chi connectivity index (χ1v) is 12.3. The van der Waals surface area contributed by atoms with Crippen LogP contribution in [0.2, 0.25) is 0 Å². The molecule has 0 radical (unpaired) electrons. The van der Waals surface area contributed by atoms with E-state index in [0.717, 1.165) is 43.9 Å². The minimum absolute atomic E-state index is 0.0872. The number of amides is 1. The van der Waals surface area contributed by atoms with Gasteiger partial charge in [-0.25, -0.2) is 0 Å². The summed E-state index contributed by atoms with van der Waals surface area (Å²) in [6, 6.07) is 16.8. The zero-order chi connectivity index (χ0) is 23.0. The van der Waals surface area contributed by atoms with Gasteiger partial charge < -0.3 is 14.5 Å². The van der Waals surface area contributed by atoms with Gasteiger partial charge in [-0.05, 0) is 74.4 Å². The molecule has 0 aliphatic carbocycles. The van der Waals surface area contributed by atoms with E-state index in [4.69, 9.17) is 0 Å². The molecule has 2 aromatic rings. The predicted molar refractivity (Wildman–Crippen MR) is 129 cm³/mol. The lowest BCUT2D eigenvalue weighted by atomic mass is 9.98. The van der Waals surface area contributed by atoms with Crippen molar-refractivity contribution in [1.29, 1.82) is 0 Å². The summed E-state index contributed by atoms with van der Waals surface area (Å²) in [6.45, 7) is 2.79. The number of hydrogen-bond acceptors (Lipinski definition) is 4. The molecule has 1 saturated heterocycles. The first kappa shape index (κ1) is 23.4. The predicted octanol–water partition coefficient (Wildman–Crippen LogP) is 4.74. The number of aldehydes is 2. The topological polar surface area (TPSA) is 57.7 Å². The standard InChI is InChI=1S/C28H34N2O3/c31-19-9-14-24(21-32)30-20-26-22(13-7-15-25(26)28(30)33)10-5-2-6-17-29-18-8-16-27(29)23-11-3-1-4-12-23/h1,3-4,7,11-13,15,19,21,24,27H,2,5-6,8-10,14,16-18,20H2. The molecule has 2 aliphatic heterocycles. The van der Waals surface area contributed by atoms with E-state index in [2.05, 4.69) is 41.3 Å². The van der Waals surface area contributed by atoms with Crippen LogP contribution >= 0.6 is 0 Å². The summed E-state index contributed by atoms with van der Waals surface area (Å²) in [5.41, 5.74) is 4.43. The van der Waals surface area contributed by atoms with E-state index < -0.39 is 6.04 Å². The summed E-state index contributed by atoms with van der Waals surface area (Å²) in [7, 11) is 0. The van der Waals surface area contributed by atoms with Gasteiger partial charge in [0.25, 0.3) is 5.91 Å². The molecular weight excluding hydrogens is 412 g/mol. The van der Waals surface area contributed by atoms with Crippen LogP contribution in [-0.2, 0) is 22.6 Å². The van der Waals surface area contributed by atoms with E-state index in [1.165, 1.54) is 36.9 Å². The summed E-state index contributed by atoms with van der Waals surface area (Å²) < 4.78 is 0. The number of fused-ring (bicyclic) bond motifs is 1. The number of rotatable bonds is 12. The SMILES string of the molecule is O=CCCC(C=O)N1Cc2c(CCCCCN3CCCC3c3ccccc3)cccc2C1=O. The van der Waals surface area contributed by atoms with Gasteiger partial charge in [0.15, 0.2) is 0 Å². The van der Waals surface area contributed by atoms with Gasteiger partial charge in [0.1, 0.15) is 12.6 Å². The molecule has 0 N–H and O–H groups in total. The van der Waals surface area contributed by atoms with Gasteiger partial charge in [0.2, 0.25) is 0 Å². The fourth-order valence-corrected chi connectivity index (χ4v) is 5.41. The smallest absolute Gasteiger partial charge is 0.255 e. The molecule has 2 atom stereocenters. The summed E-state index contributed by atoms with van der Waals surface area (Å²) in [6.07, 6.45) is 9.20. The number of hydrogen-bond donors (Lipinski definition) is 0. The minimum atomic E-state index is -0.527. The second-order valence-electron chi connectivity index (χ2n) is 9.24. The van der Waals surface area contributed by atoms with Gasteiger partial charge in [-0.2, -0.15) is 0 Å². The van der Waals surface area contributed by atoms with Gasteiger partial charge in [0, 0.05) is 24.6 Å². The molecule has 2 heterocycles. The first-order valence-electron chi connectivity index (χ1n) is 12.3. The number of aryl methyl sites for hydroxylation is 1. The van der Waals surface area contributed by atoms with Crippen molar-refractivity contribution in [2.45, 2.75) is 70.0 Å². The molecule has 0 saturated carbocycles. The molecule has 2 aliphatic rings. The second-order valence-corrected chi connectivity index (χ2v) is 9.24. The Balaban J connectivity index is 1.28. The Morgan fingerprint density at radius 2 is 1.85 bits per heavy atom. The third-order valence-electron chi connectivity index (χ3n) is 7.17. The molecule has 5 nitrogen and oxygen atoms in total. The Hall–Kier alpha value is -2.79. The Morgan fingerprint density at radius 1 is 1.00 bits per heavy atom. The van der Waals surface area contributed by atoms with E-state index in [0.29, 0.717) is 31.0 Å². The Morgan fingerprint density at radius 3 is 2.64 bits per heavy atom. The maximum absolute atomic E-state index is 12.9. The van der Waals surface area contributed by atoms with Gasteiger partial charge in [-0.3, -0.25) is 9.69 Å². The van der Waals surface area contributed by atoms with Crippen molar-refractivity contribution >= 4 is 18.5 Å². The summed E-state index contributed by atoms with van der Waals surface area (Å²) in [5, 5.41) is 0. The Labute approximate surface area is 196 Å². The molecule has 174 valence electrons. The van der Waals surface area contributed by atoms with Crippen LogP contribution < -0.4 is 0 Å². The lowest BCUT2D eigenvalue weighted by Crippen LogP contribution is -2.36. The number of unbranched alkanes of at least 4 members (excludes halogenated alkanes) is 2. The van der Waals surface area contributed by atoms with Crippen molar-refractivity contribution in [1.82, 2.24) is 9.80 Å². The highest BCUT2D eigenvalue weighted by atomic mass is 16.2. The quantitative estimate of drug-likeness (QED) is 0.349. The summed E-state index contributed by atoms with van der Waals surface area (Å²) >= 11 is 0. The molecule has 0 spiro atoms. The number of nitrogens with zero attached hydrogens (tertiary/aromatic N) is 2. The molecule has 2 aromatic carbocycles. The summed E-state index contributed by atoms with van der Waals surface area (Å²) in [5.74, 6) is -0.0872. The van der Waals surface area contributed by atoms with Crippen molar-refractivity contribution in [2.24, 2.45) is 0 Å². The minimum Gasteiger partial charge on any atom is -0.325 e. The molecule has 0 aromatic heterocycles. The average molecular weight is 447 g/mol. The number of carbonyl (C=O) groups excluding carboxylic acids is 3. The van der Waals surface area contributed by atoms with Crippen LogP contribution in [0.1, 0.15) is 78.0 Å². The molecule has 1 fully saturated rings. The van der Waals surface area contributed by atoms with Crippen LogP contribution in [0.5, 0.6) is 0 Å². The van der Waals surface area contributed by atoms with Crippen LogP contribution in [0.3, 0.4) is 0 Å². The highest BCUT2D eigenvalue weighted by Crippen LogP contribution is 2.32. The van der Waals surface area contributed by atoms with Crippen molar-refractivity contribution in [3.05, 3.63) is 70.8 Å². The van der Waals surface area contributed by atoms with Crippen molar-refractivity contribution < 1.29 is 14.4 Å². The van der Waals surface area contributed by atoms with Crippen molar-refractivity contribution in [3.8, 4) is 0 Å². The number of carbonyl (C=O) groups is 3. The van der Waals surface area contributed by atoms with Crippen LogP contribution in [0, 0.1) is 0 Å². The van der Waals surface area contributed by atoms with Crippen LogP contribution in [-0.4, -0.2) is 47.4 Å². The first-order chi connectivity index (χ1) is 16.2. The van der Waals surface area contributed by atoms with Crippen LogP contribution in [0.4, 0.5) is 0 Å². The lowest BCUT2D eigenvalue weighted by Gasteiger charge is -2.24. The fourth-order valence-electron chi connectivity index (χ4n) is 5.41. The van der Waals surface area contributed by atoms with Crippen LogP contribution in [0.15, 0.2) is 48.5 Å². The Bertz CT molecular complexity index is 959. The van der Waals surface area contributed by atoms with Gasteiger partial charge >= 0.3 is 0 Å². The lowest BCUT2D eigenvalue weighted by molar-refractivity contribution is -0.112. The molecule has 1 amide bonds. The van der Waals surface area contributed by atoms with Crippen molar-refractivity contribution in [3.63, 3.8) is 0 Å². The highest BCUT2D eigenvalue weighted by molar-refractivity contribution is 6.00. The molecule has 4 rings (SSSR count). The largest absolute Gasteiger partial charge is 0.325 e. The maximum atomic E-state index is 12.9. The maximum Gasteiger partial charge on any atom is 0.255 e. The zero-order valence-electron chi connectivity index (χ0n) is 19.3. The average Bonchev–Trinajstić information content (AvgIpc) is 3.45.